The van der Waals surface area contributed by atoms with E-state index in [0.29, 0.717) is 5.91 Å². The predicted octanol–water partition coefficient (Wildman–Crippen LogP) is 5.30. The number of benzene rings is 1. The molecule has 1 aliphatic heterocycles. The molecule has 1 aromatic rings. The van der Waals surface area contributed by atoms with E-state index < -0.39 is 7.26 Å². The third kappa shape index (κ3) is 2.84. The van der Waals surface area contributed by atoms with Crippen molar-refractivity contribution in [2.24, 2.45) is 0 Å². The molecule has 1 aromatic carbocycles. The van der Waals surface area contributed by atoms with E-state index in [1.54, 1.807) is 0 Å². The lowest BCUT2D eigenvalue weighted by atomic mass is 10.0. The molecule has 126 valence electrons. The zero-order valence-electron chi connectivity index (χ0n) is 15.2. The number of amides is 1. The number of aryl methyl sites for hydroxylation is 3. The van der Waals surface area contributed by atoms with Crippen LogP contribution in [0.4, 0.5) is 5.69 Å². The molecule has 1 aliphatic carbocycles. The Morgan fingerprint density at radius 2 is 1.65 bits per heavy atom. The van der Waals surface area contributed by atoms with Crippen LogP contribution in [-0.4, -0.2) is 29.5 Å². The van der Waals surface area contributed by atoms with E-state index in [1.165, 1.54) is 54.4 Å². The molecule has 0 radical (unpaired) electrons. The lowest BCUT2D eigenvalue weighted by molar-refractivity contribution is -0.116. The van der Waals surface area contributed by atoms with Crippen LogP contribution in [0.2, 0.25) is 0 Å². The van der Waals surface area contributed by atoms with Gasteiger partial charge in [0, 0.05) is 25.8 Å². The Morgan fingerprint density at radius 1 is 1.09 bits per heavy atom. The first-order chi connectivity index (χ1) is 10.9. The summed E-state index contributed by atoms with van der Waals surface area (Å²) in [4.78, 5) is 13.3. The van der Waals surface area contributed by atoms with Gasteiger partial charge in [-0.2, -0.15) is 0 Å². The smallest absolute Gasteiger partial charge is 0.268 e. The SMILES string of the molecule is CC[P+]1(C2(C(=O)Nc3c(C)cc(C)cc3C)CC2)CCCCC1. The molecule has 3 rings (SSSR count). The van der Waals surface area contributed by atoms with Gasteiger partial charge in [-0.15, -0.1) is 0 Å². The second-order valence-corrected chi connectivity index (χ2v) is 12.4. The molecule has 1 saturated carbocycles. The zero-order valence-corrected chi connectivity index (χ0v) is 16.1. The van der Waals surface area contributed by atoms with Gasteiger partial charge in [-0.3, -0.25) is 4.79 Å². The van der Waals surface area contributed by atoms with Gasteiger partial charge in [0.2, 0.25) is 0 Å². The zero-order chi connectivity index (χ0) is 16.7. The Labute approximate surface area is 141 Å². The topological polar surface area (TPSA) is 29.1 Å². The fourth-order valence-corrected chi connectivity index (χ4v) is 10.3. The highest BCUT2D eigenvalue weighted by atomic mass is 31.2. The third-order valence-electron chi connectivity index (χ3n) is 6.25. The van der Waals surface area contributed by atoms with Gasteiger partial charge in [0.1, 0.15) is 0 Å². The minimum atomic E-state index is -1.11. The maximum atomic E-state index is 13.3. The summed E-state index contributed by atoms with van der Waals surface area (Å²) in [5, 5.41) is 3.37. The maximum Gasteiger partial charge on any atom is 0.268 e. The quantitative estimate of drug-likeness (QED) is 0.744. The molecule has 1 saturated heterocycles. The molecule has 0 spiro atoms. The van der Waals surface area contributed by atoms with E-state index in [4.69, 9.17) is 0 Å². The van der Waals surface area contributed by atoms with Gasteiger partial charge in [0.05, 0.1) is 18.5 Å². The Hall–Kier alpha value is -0.880. The number of carbonyl (C=O) groups excluding carboxylic acids is 1. The van der Waals surface area contributed by atoms with Crippen LogP contribution in [0.5, 0.6) is 0 Å². The van der Waals surface area contributed by atoms with Crippen molar-refractivity contribution in [2.45, 2.75) is 65.0 Å². The normalized spacial score (nSPS) is 21.7. The fraction of sp³-hybridized carbons (Fsp3) is 0.650. The molecule has 0 aromatic heterocycles. The molecule has 3 heteroatoms. The summed E-state index contributed by atoms with van der Waals surface area (Å²) >= 11 is 0. The molecular formula is C20H31NOP+. The van der Waals surface area contributed by atoms with Gasteiger partial charge >= 0.3 is 0 Å². The van der Waals surface area contributed by atoms with Crippen molar-refractivity contribution in [2.75, 3.05) is 23.8 Å². The molecule has 0 bridgehead atoms. The highest BCUT2D eigenvalue weighted by Crippen LogP contribution is 2.79. The van der Waals surface area contributed by atoms with Gasteiger partial charge in [0.15, 0.2) is 5.16 Å². The van der Waals surface area contributed by atoms with Crippen LogP contribution in [0.15, 0.2) is 12.1 Å². The second kappa shape index (κ2) is 6.20. The Balaban J connectivity index is 1.86. The van der Waals surface area contributed by atoms with Crippen molar-refractivity contribution in [3.8, 4) is 0 Å². The molecule has 2 fully saturated rings. The van der Waals surface area contributed by atoms with Crippen molar-refractivity contribution >= 4 is 18.9 Å². The molecule has 2 aliphatic rings. The molecule has 0 atom stereocenters. The average Bonchev–Trinajstić information content (AvgIpc) is 3.33. The molecule has 23 heavy (non-hydrogen) atoms. The maximum absolute atomic E-state index is 13.3. The summed E-state index contributed by atoms with van der Waals surface area (Å²) in [7, 11) is -1.11. The summed E-state index contributed by atoms with van der Waals surface area (Å²) in [5.41, 5.74) is 4.71. The number of anilines is 1. The van der Waals surface area contributed by atoms with E-state index in [0.717, 1.165) is 18.5 Å². The summed E-state index contributed by atoms with van der Waals surface area (Å²) in [6, 6.07) is 4.35. The first-order valence-electron chi connectivity index (χ1n) is 9.20. The summed E-state index contributed by atoms with van der Waals surface area (Å²) < 4.78 is 0. The molecule has 2 nitrogen and oxygen atoms in total. The van der Waals surface area contributed by atoms with Gasteiger partial charge in [-0.05, 0) is 58.1 Å². The van der Waals surface area contributed by atoms with Crippen molar-refractivity contribution < 1.29 is 4.79 Å². The lowest BCUT2D eigenvalue weighted by Gasteiger charge is -2.36. The van der Waals surface area contributed by atoms with E-state index in [9.17, 15) is 4.79 Å². The summed E-state index contributed by atoms with van der Waals surface area (Å²) in [6.45, 7) is 8.68. The van der Waals surface area contributed by atoms with Crippen molar-refractivity contribution in [3.63, 3.8) is 0 Å². The third-order valence-corrected chi connectivity index (χ3v) is 12.3. The van der Waals surface area contributed by atoms with E-state index in [-0.39, 0.29) is 5.16 Å². The van der Waals surface area contributed by atoms with E-state index in [1.807, 2.05) is 0 Å². The van der Waals surface area contributed by atoms with Gasteiger partial charge in [-0.25, -0.2) is 0 Å². The number of nitrogens with one attached hydrogen (secondary N) is 1. The highest BCUT2D eigenvalue weighted by molar-refractivity contribution is 7.78. The minimum absolute atomic E-state index is 0.0198. The highest BCUT2D eigenvalue weighted by Gasteiger charge is 2.69. The van der Waals surface area contributed by atoms with Crippen LogP contribution >= 0.6 is 7.26 Å². The number of hydrogen-bond acceptors (Lipinski definition) is 1. The molecule has 0 unspecified atom stereocenters. The van der Waals surface area contributed by atoms with Gasteiger partial charge in [0.25, 0.3) is 5.91 Å². The molecule has 1 heterocycles. The van der Waals surface area contributed by atoms with Crippen LogP contribution in [-0.2, 0) is 4.79 Å². The molecule has 1 amide bonds. The van der Waals surface area contributed by atoms with Crippen molar-refractivity contribution in [3.05, 3.63) is 28.8 Å². The Kier molecular flexibility index (Phi) is 4.58. The largest absolute Gasteiger partial charge is 0.322 e. The van der Waals surface area contributed by atoms with Crippen molar-refractivity contribution in [1.82, 2.24) is 0 Å². The van der Waals surface area contributed by atoms with E-state index in [2.05, 4.69) is 45.1 Å². The summed E-state index contributed by atoms with van der Waals surface area (Å²) in [6.07, 6.45) is 10.3. The second-order valence-electron chi connectivity index (χ2n) is 7.73. The van der Waals surface area contributed by atoms with Crippen LogP contribution in [0.25, 0.3) is 0 Å². The summed E-state index contributed by atoms with van der Waals surface area (Å²) in [5.74, 6) is 0.338. The fourth-order valence-electron chi connectivity index (χ4n) is 4.81. The van der Waals surface area contributed by atoms with E-state index >= 15 is 0 Å². The average molecular weight is 332 g/mol. The first kappa shape index (κ1) is 17.0. The van der Waals surface area contributed by atoms with Crippen LogP contribution in [0.1, 0.15) is 55.7 Å². The van der Waals surface area contributed by atoms with Gasteiger partial charge in [-0.1, -0.05) is 17.7 Å². The van der Waals surface area contributed by atoms with Crippen LogP contribution in [0.3, 0.4) is 0 Å². The number of rotatable bonds is 4. The van der Waals surface area contributed by atoms with Crippen LogP contribution < -0.4 is 5.32 Å². The monoisotopic (exact) mass is 332 g/mol. The predicted molar refractivity (Wildman–Crippen MR) is 102 cm³/mol. The Bertz CT molecular complexity index is 589. The lowest BCUT2D eigenvalue weighted by Crippen LogP contribution is -2.37. The Morgan fingerprint density at radius 3 is 2.13 bits per heavy atom. The number of carbonyl (C=O) groups is 1. The molecule has 1 N–H and O–H groups in total. The standard InChI is InChI=1S/C20H30NOP/c1-5-23(11-7-6-8-12-23)20(9-10-20)19(22)21-18-16(3)13-15(2)14-17(18)4/h13-14H,5-12H2,1-4H3/p+1. The molecular weight excluding hydrogens is 301 g/mol. The number of hydrogen-bond donors (Lipinski definition) is 1. The van der Waals surface area contributed by atoms with Crippen molar-refractivity contribution in [1.29, 1.82) is 0 Å². The van der Waals surface area contributed by atoms with Gasteiger partial charge < -0.3 is 5.32 Å². The van der Waals surface area contributed by atoms with Crippen LogP contribution in [0, 0.1) is 20.8 Å². The minimum Gasteiger partial charge on any atom is -0.322 e. The first-order valence-corrected chi connectivity index (χ1v) is 11.5.